The van der Waals surface area contributed by atoms with E-state index in [4.69, 9.17) is 4.74 Å². The summed E-state index contributed by atoms with van der Waals surface area (Å²) in [5, 5.41) is 0. The number of hydrogen-bond donors (Lipinski definition) is 0. The fraction of sp³-hybridized carbons (Fsp3) is 0.357. The molecule has 0 aliphatic heterocycles. The van der Waals surface area contributed by atoms with Crippen LogP contribution in [0.4, 0.5) is 5.69 Å². The minimum atomic E-state index is -1.17. The smallest absolute Gasteiger partial charge is 0.325 e. The summed E-state index contributed by atoms with van der Waals surface area (Å²) >= 11 is 0. The molecule has 0 saturated heterocycles. The maximum absolute atomic E-state index is 11.4. The second-order valence-corrected chi connectivity index (χ2v) is 3.73. The van der Waals surface area contributed by atoms with Crippen LogP contribution in [0.15, 0.2) is 29.3 Å². The van der Waals surface area contributed by atoms with Gasteiger partial charge < -0.3 is 14.2 Å². The first-order valence-corrected chi connectivity index (χ1v) is 6.05. The summed E-state index contributed by atoms with van der Waals surface area (Å²) < 4.78 is 14.3. The number of esters is 2. The van der Waals surface area contributed by atoms with Gasteiger partial charge in [0.2, 0.25) is 0 Å². The number of rotatable bonds is 6. The predicted octanol–water partition coefficient (Wildman–Crippen LogP) is 1.75. The molecule has 6 nitrogen and oxygen atoms in total. The Kier molecular flexibility index (Phi) is 6.22. The zero-order chi connectivity index (χ0) is 15.0. The van der Waals surface area contributed by atoms with Gasteiger partial charge in [0.25, 0.3) is 0 Å². The van der Waals surface area contributed by atoms with Crippen molar-refractivity contribution in [1.29, 1.82) is 0 Å². The molecule has 108 valence electrons. The molecule has 0 aromatic heterocycles. The molecule has 0 unspecified atom stereocenters. The van der Waals surface area contributed by atoms with Gasteiger partial charge in [0, 0.05) is 6.21 Å². The average Bonchev–Trinajstić information content (AvgIpc) is 2.48. The lowest BCUT2D eigenvalue weighted by Gasteiger charge is -2.07. The first-order chi connectivity index (χ1) is 9.62. The standard InChI is InChI=1S/C14H17NO5/c1-4-20-11-7-5-10(6-8-11)15-9-12(13(16)18-2)14(17)19-3/h5-9,12H,4H2,1-3H3. The largest absolute Gasteiger partial charge is 0.494 e. The summed E-state index contributed by atoms with van der Waals surface area (Å²) in [5.74, 6) is -1.88. The van der Waals surface area contributed by atoms with Crippen LogP contribution in [-0.2, 0) is 19.1 Å². The van der Waals surface area contributed by atoms with Crippen LogP contribution < -0.4 is 4.74 Å². The van der Waals surface area contributed by atoms with E-state index in [2.05, 4.69) is 14.5 Å². The van der Waals surface area contributed by atoms with Gasteiger partial charge in [-0.25, -0.2) is 0 Å². The van der Waals surface area contributed by atoms with Crippen LogP contribution in [0.3, 0.4) is 0 Å². The monoisotopic (exact) mass is 279 g/mol. The maximum Gasteiger partial charge on any atom is 0.325 e. The lowest BCUT2D eigenvalue weighted by molar-refractivity contribution is -0.154. The van der Waals surface area contributed by atoms with Gasteiger partial charge >= 0.3 is 11.9 Å². The minimum Gasteiger partial charge on any atom is -0.494 e. The van der Waals surface area contributed by atoms with Crippen molar-refractivity contribution in [3.8, 4) is 5.75 Å². The molecule has 0 aliphatic carbocycles. The Hall–Kier alpha value is -2.37. The second-order valence-electron chi connectivity index (χ2n) is 3.73. The summed E-state index contributed by atoms with van der Waals surface area (Å²) in [4.78, 5) is 26.9. The lowest BCUT2D eigenvalue weighted by Crippen LogP contribution is -2.27. The first kappa shape index (κ1) is 15.7. The zero-order valence-corrected chi connectivity index (χ0v) is 11.7. The lowest BCUT2D eigenvalue weighted by atomic mass is 10.2. The SMILES string of the molecule is CCOc1ccc(N=CC(C(=O)OC)C(=O)OC)cc1. The molecule has 0 N–H and O–H groups in total. The van der Waals surface area contributed by atoms with Gasteiger partial charge in [-0.3, -0.25) is 14.6 Å². The van der Waals surface area contributed by atoms with Gasteiger partial charge in [-0.05, 0) is 31.2 Å². The van der Waals surface area contributed by atoms with Crippen LogP contribution in [0, 0.1) is 5.92 Å². The van der Waals surface area contributed by atoms with E-state index in [1.807, 2.05) is 6.92 Å². The van der Waals surface area contributed by atoms with Crippen molar-refractivity contribution in [2.45, 2.75) is 6.92 Å². The van der Waals surface area contributed by atoms with Crippen LogP contribution in [0.5, 0.6) is 5.75 Å². The molecule has 0 bridgehead atoms. The number of nitrogens with zero attached hydrogens (tertiary/aromatic N) is 1. The van der Waals surface area contributed by atoms with E-state index >= 15 is 0 Å². The van der Waals surface area contributed by atoms with Crippen LogP contribution in [-0.4, -0.2) is 39.0 Å². The first-order valence-electron chi connectivity index (χ1n) is 6.05. The fourth-order valence-electron chi connectivity index (χ4n) is 1.43. The number of hydrogen-bond acceptors (Lipinski definition) is 6. The molecular weight excluding hydrogens is 262 g/mol. The van der Waals surface area contributed by atoms with Crippen molar-refractivity contribution in [1.82, 2.24) is 0 Å². The Labute approximate surface area is 117 Å². The third-order valence-corrected chi connectivity index (χ3v) is 2.43. The van der Waals surface area contributed by atoms with Crippen molar-refractivity contribution < 1.29 is 23.8 Å². The van der Waals surface area contributed by atoms with Gasteiger partial charge in [0.15, 0.2) is 5.92 Å². The molecule has 1 rings (SSSR count). The summed E-state index contributed by atoms with van der Waals surface area (Å²) in [6.07, 6.45) is 1.20. The average molecular weight is 279 g/mol. The second kappa shape index (κ2) is 7.93. The summed E-state index contributed by atoms with van der Waals surface area (Å²) in [7, 11) is 2.39. The Morgan fingerprint density at radius 3 is 2.15 bits per heavy atom. The minimum absolute atomic E-state index is 0.579. The summed E-state index contributed by atoms with van der Waals surface area (Å²) in [6.45, 7) is 2.47. The van der Waals surface area contributed by atoms with Gasteiger partial charge in [0.1, 0.15) is 5.75 Å². The molecule has 0 atom stereocenters. The summed E-state index contributed by atoms with van der Waals surface area (Å²) in [5.41, 5.74) is 0.589. The van der Waals surface area contributed by atoms with E-state index in [1.54, 1.807) is 24.3 Å². The number of carbonyl (C=O) groups is 2. The highest BCUT2D eigenvalue weighted by Gasteiger charge is 2.26. The third-order valence-electron chi connectivity index (χ3n) is 2.43. The molecule has 0 aliphatic rings. The molecule has 6 heteroatoms. The van der Waals surface area contributed by atoms with E-state index in [9.17, 15) is 9.59 Å². The van der Waals surface area contributed by atoms with E-state index in [0.29, 0.717) is 12.3 Å². The molecule has 0 amide bonds. The van der Waals surface area contributed by atoms with E-state index in [-0.39, 0.29) is 0 Å². The Morgan fingerprint density at radius 2 is 1.70 bits per heavy atom. The Bertz CT molecular complexity index is 465. The number of methoxy groups -OCH3 is 2. The molecule has 1 aromatic rings. The Balaban J connectivity index is 2.81. The van der Waals surface area contributed by atoms with Crippen molar-refractivity contribution in [2.75, 3.05) is 20.8 Å². The highest BCUT2D eigenvalue weighted by atomic mass is 16.5. The maximum atomic E-state index is 11.4. The van der Waals surface area contributed by atoms with Crippen LogP contribution in [0.2, 0.25) is 0 Å². The molecule has 0 heterocycles. The highest BCUT2D eigenvalue weighted by Crippen LogP contribution is 2.18. The normalized spacial score (nSPS) is 10.6. The fourth-order valence-corrected chi connectivity index (χ4v) is 1.43. The van der Waals surface area contributed by atoms with Gasteiger partial charge in [0.05, 0.1) is 26.5 Å². The van der Waals surface area contributed by atoms with E-state index < -0.39 is 17.9 Å². The van der Waals surface area contributed by atoms with Crippen molar-refractivity contribution in [3.05, 3.63) is 24.3 Å². The summed E-state index contributed by atoms with van der Waals surface area (Å²) in [6, 6.07) is 6.93. The molecule has 1 aromatic carbocycles. The number of ether oxygens (including phenoxy) is 3. The predicted molar refractivity (Wildman–Crippen MR) is 73.3 cm³/mol. The number of benzene rings is 1. The molecular formula is C14H17NO5. The van der Waals surface area contributed by atoms with Crippen LogP contribution >= 0.6 is 0 Å². The number of carbonyl (C=O) groups excluding carboxylic acids is 2. The van der Waals surface area contributed by atoms with E-state index in [1.165, 1.54) is 20.4 Å². The van der Waals surface area contributed by atoms with Gasteiger partial charge in [-0.1, -0.05) is 0 Å². The highest BCUT2D eigenvalue weighted by molar-refractivity contribution is 6.09. The van der Waals surface area contributed by atoms with Crippen molar-refractivity contribution in [3.63, 3.8) is 0 Å². The Morgan fingerprint density at radius 1 is 1.15 bits per heavy atom. The molecule has 0 radical (unpaired) electrons. The topological polar surface area (TPSA) is 74.2 Å². The van der Waals surface area contributed by atoms with Crippen molar-refractivity contribution in [2.24, 2.45) is 10.9 Å². The quantitative estimate of drug-likeness (QED) is 0.450. The number of aliphatic imine (C=N–C) groups is 1. The van der Waals surface area contributed by atoms with Gasteiger partial charge in [-0.2, -0.15) is 0 Å². The molecule has 0 saturated carbocycles. The zero-order valence-electron chi connectivity index (χ0n) is 11.7. The van der Waals surface area contributed by atoms with Crippen LogP contribution in [0.1, 0.15) is 6.92 Å². The van der Waals surface area contributed by atoms with Crippen molar-refractivity contribution >= 4 is 23.8 Å². The van der Waals surface area contributed by atoms with E-state index in [0.717, 1.165) is 5.75 Å². The molecule has 0 spiro atoms. The third kappa shape index (κ3) is 4.38. The van der Waals surface area contributed by atoms with Gasteiger partial charge in [-0.15, -0.1) is 0 Å². The molecule has 20 heavy (non-hydrogen) atoms. The molecule has 0 fully saturated rings. The van der Waals surface area contributed by atoms with Crippen LogP contribution in [0.25, 0.3) is 0 Å².